The third-order valence-corrected chi connectivity index (χ3v) is 3.39. The van der Waals surface area contributed by atoms with Gasteiger partial charge in [-0.3, -0.25) is 4.79 Å². The molecule has 6 heteroatoms. The van der Waals surface area contributed by atoms with Crippen molar-refractivity contribution in [2.45, 2.75) is 33.6 Å². The maximum absolute atomic E-state index is 11.7. The second-order valence-corrected chi connectivity index (χ2v) is 4.95. The zero-order valence-corrected chi connectivity index (χ0v) is 12.5. The molecule has 0 aliphatic carbocycles. The molecular weight excluding hydrogens is 254 g/mol. The molecule has 0 unspecified atom stereocenters. The van der Waals surface area contributed by atoms with Gasteiger partial charge in [0.2, 0.25) is 5.91 Å². The number of amides is 1. The van der Waals surface area contributed by atoms with Crippen molar-refractivity contribution in [3.63, 3.8) is 0 Å². The minimum Gasteiger partial charge on any atom is -0.370 e. The first-order valence-electron chi connectivity index (χ1n) is 7.28. The minimum atomic E-state index is 0.0589. The summed E-state index contributed by atoms with van der Waals surface area (Å²) in [5.41, 5.74) is 1.01. The average molecular weight is 277 g/mol. The zero-order valence-electron chi connectivity index (χ0n) is 12.5. The number of aromatic nitrogens is 2. The number of carbonyl (C=O) groups excluding carboxylic acids is 1. The molecule has 0 saturated carbocycles. The van der Waals surface area contributed by atoms with Gasteiger partial charge in [-0.2, -0.15) is 0 Å². The first-order valence-corrected chi connectivity index (χ1v) is 7.28. The summed E-state index contributed by atoms with van der Waals surface area (Å²) in [4.78, 5) is 22.9. The molecule has 0 spiro atoms. The largest absolute Gasteiger partial charge is 0.370 e. The van der Waals surface area contributed by atoms with Crippen LogP contribution in [0.25, 0.3) is 0 Å². The average Bonchev–Trinajstić information content (AvgIpc) is 2.66. The van der Waals surface area contributed by atoms with Gasteiger partial charge in [0, 0.05) is 31.6 Å². The number of rotatable bonds is 4. The van der Waals surface area contributed by atoms with Crippen molar-refractivity contribution in [3.8, 4) is 0 Å². The Morgan fingerprint density at radius 3 is 2.85 bits per heavy atom. The molecule has 2 rings (SSSR count). The predicted octanol–water partition coefficient (Wildman–Crippen LogP) is 1.11. The van der Waals surface area contributed by atoms with Gasteiger partial charge in [-0.05, 0) is 20.3 Å². The monoisotopic (exact) mass is 277 g/mol. The van der Waals surface area contributed by atoms with Gasteiger partial charge in [-0.15, -0.1) is 0 Å². The molecule has 2 N–H and O–H groups in total. The van der Waals surface area contributed by atoms with E-state index in [9.17, 15) is 4.79 Å². The molecule has 1 fully saturated rings. The molecule has 1 saturated heterocycles. The maximum Gasteiger partial charge on any atom is 0.239 e. The normalized spacial score (nSPS) is 15.8. The quantitative estimate of drug-likeness (QED) is 0.862. The van der Waals surface area contributed by atoms with E-state index in [4.69, 9.17) is 0 Å². The summed E-state index contributed by atoms with van der Waals surface area (Å²) in [7, 11) is 0. The van der Waals surface area contributed by atoms with Crippen LogP contribution in [0.4, 0.5) is 11.6 Å². The van der Waals surface area contributed by atoms with E-state index in [2.05, 4.69) is 25.5 Å². The Kier molecular flexibility index (Phi) is 4.76. The maximum atomic E-state index is 11.7. The Bertz CT molecular complexity index is 489. The smallest absolute Gasteiger partial charge is 0.239 e. The fraction of sp³-hybridized carbons (Fsp3) is 0.643. The highest BCUT2D eigenvalue weighted by Crippen LogP contribution is 2.24. The number of carbonyl (C=O) groups is 1. The summed E-state index contributed by atoms with van der Waals surface area (Å²) in [6, 6.07) is 0. The van der Waals surface area contributed by atoms with Crippen molar-refractivity contribution in [2.24, 2.45) is 0 Å². The van der Waals surface area contributed by atoms with Crippen molar-refractivity contribution >= 4 is 17.5 Å². The van der Waals surface area contributed by atoms with Crippen LogP contribution in [0.2, 0.25) is 0 Å². The van der Waals surface area contributed by atoms with Crippen LogP contribution in [0.15, 0.2) is 0 Å². The van der Waals surface area contributed by atoms with Crippen LogP contribution in [0.5, 0.6) is 0 Å². The lowest BCUT2D eigenvalue weighted by Gasteiger charge is -2.24. The lowest BCUT2D eigenvalue weighted by Crippen LogP contribution is -2.34. The Labute approximate surface area is 120 Å². The van der Waals surface area contributed by atoms with Crippen molar-refractivity contribution in [2.75, 3.05) is 36.4 Å². The highest BCUT2D eigenvalue weighted by atomic mass is 16.2. The minimum absolute atomic E-state index is 0.0589. The van der Waals surface area contributed by atoms with Crippen molar-refractivity contribution in [1.82, 2.24) is 15.3 Å². The predicted molar refractivity (Wildman–Crippen MR) is 80.2 cm³/mol. The van der Waals surface area contributed by atoms with Gasteiger partial charge in [0.05, 0.1) is 6.54 Å². The first kappa shape index (κ1) is 14.6. The van der Waals surface area contributed by atoms with Gasteiger partial charge >= 0.3 is 0 Å². The van der Waals surface area contributed by atoms with E-state index in [1.807, 2.05) is 20.8 Å². The van der Waals surface area contributed by atoms with Crippen LogP contribution >= 0.6 is 0 Å². The molecule has 1 aromatic heterocycles. The van der Waals surface area contributed by atoms with Gasteiger partial charge in [0.1, 0.15) is 17.5 Å². The van der Waals surface area contributed by atoms with E-state index in [0.29, 0.717) is 6.54 Å². The first-order chi connectivity index (χ1) is 9.65. The molecule has 0 radical (unpaired) electrons. The Morgan fingerprint density at radius 2 is 2.15 bits per heavy atom. The number of nitrogens with zero attached hydrogens (tertiary/aromatic N) is 3. The van der Waals surface area contributed by atoms with Crippen LogP contribution in [-0.4, -0.2) is 42.1 Å². The Balaban J connectivity index is 2.37. The lowest BCUT2D eigenvalue weighted by atomic mass is 10.2. The van der Waals surface area contributed by atoms with E-state index in [-0.39, 0.29) is 5.91 Å². The van der Waals surface area contributed by atoms with Gasteiger partial charge in [0.15, 0.2) is 0 Å². The Hall–Kier alpha value is -1.85. The molecule has 0 aromatic carbocycles. The van der Waals surface area contributed by atoms with Gasteiger partial charge in [-0.25, -0.2) is 9.97 Å². The molecule has 1 aromatic rings. The summed E-state index contributed by atoms with van der Waals surface area (Å²) in [5, 5.41) is 6.17. The highest BCUT2D eigenvalue weighted by Gasteiger charge is 2.20. The molecule has 6 nitrogen and oxygen atoms in total. The van der Waals surface area contributed by atoms with Crippen molar-refractivity contribution in [3.05, 3.63) is 11.4 Å². The summed E-state index contributed by atoms with van der Waals surface area (Å²) in [5.74, 6) is 2.62. The molecule has 2 heterocycles. The van der Waals surface area contributed by atoms with Crippen LogP contribution in [0, 0.1) is 6.92 Å². The van der Waals surface area contributed by atoms with Gasteiger partial charge in [0.25, 0.3) is 0 Å². The molecule has 1 aliphatic heterocycles. The molecule has 1 aliphatic rings. The van der Waals surface area contributed by atoms with Crippen LogP contribution in [0.3, 0.4) is 0 Å². The molecular formula is C14H23N5O. The second-order valence-electron chi connectivity index (χ2n) is 4.95. The van der Waals surface area contributed by atoms with Crippen LogP contribution < -0.4 is 15.5 Å². The number of nitrogens with one attached hydrogen (secondary N) is 2. The summed E-state index contributed by atoms with van der Waals surface area (Å²) >= 11 is 0. The molecule has 0 bridgehead atoms. The zero-order chi connectivity index (χ0) is 14.5. The second kappa shape index (κ2) is 6.54. The Morgan fingerprint density at radius 1 is 1.35 bits per heavy atom. The summed E-state index contributed by atoms with van der Waals surface area (Å²) in [6.07, 6.45) is 1.72. The number of anilines is 2. The van der Waals surface area contributed by atoms with Crippen molar-refractivity contribution in [1.29, 1.82) is 0 Å². The van der Waals surface area contributed by atoms with E-state index in [0.717, 1.165) is 55.5 Å². The van der Waals surface area contributed by atoms with Crippen LogP contribution in [-0.2, 0) is 11.2 Å². The van der Waals surface area contributed by atoms with Crippen molar-refractivity contribution < 1.29 is 4.79 Å². The standard InChI is InChI=1S/C14H23N5O/c1-4-11-17-13(15-5-2)10(3)14(18-11)19-8-6-7-16-12(20)9-19/h4-9H2,1-3H3,(H,16,20)(H,15,17,18). The molecule has 20 heavy (non-hydrogen) atoms. The van der Waals surface area contributed by atoms with Gasteiger partial charge in [-0.1, -0.05) is 6.92 Å². The molecule has 110 valence electrons. The topological polar surface area (TPSA) is 70.2 Å². The number of hydrogen-bond donors (Lipinski definition) is 2. The van der Waals surface area contributed by atoms with E-state index >= 15 is 0 Å². The number of aryl methyl sites for hydroxylation is 1. The van der Waals surface area contributed by atoms with Gasteiger partial charge < -0.3 is 15.5 Å². The number of hydrogen-bond acceptors (Lipinski definition) is 5. The fourth-order valence-corrected chi connectivity index (χ4v) is 2.34. The van der Waals surface area contributed by atoms with E-state index in [1.54, 1.807) is 0 Å². The molecule has 0 atom stereocenters. The third-order valence-electron chi connectivity index (χ3n) is 3.39. The summed E-state index contributed by atoms with van der Waals surface area (Å²) < 4.78 is 0. The highest BCUT2D eigenvalue weighted by molar-refractivity contribution is 5.82. The SMILES string of the molecule is CCNc1nc(CC)nc(N2CCCNC(=O)C2)c1C. The van der Waals surface area contributed by atoms with Crippen LogP contribution in [0.1, 0.15) is 31.7 Å². The van der Waals surface area contributed by atoms with E-state index in [1.165, 1.54) is 0 Å². The van der Waals surface area contributed by atoms with E-state index < -0.39 is 0 Å². The molecule has 1 amide bonds. The third kappa shape index (κ3) is 3.18. The fourth-order valence-electron chi connectivity index (χ4n) is 2.34. The summed E-state index contributed by atoms with van der Waals surface area (Å²) in [6.45, 7) is 8.86. The lowest BCUT2D eigenvalue weighted by molar-refractivity contribution is -0.119.